The number of hydrogen-bond donors (Lipinski definition) is 1. The Morgan fingerprint density at radius 1 is 1.20 bits per heavy atom. The third kappa shape index (κ3) is 6.27. The first kappa shape index (κ1) is 22.8. The molecule has 0 saturated heterocycles. The van der Waals surface area contributed by atoms with E-state index < -0.39 is 17.6 Å². The van der Waals surface area contributed by atoms with E-state index in [0.29, 0.717) is 23.7 Å². The van der Waals surface area contributed by atoms with Crippen LogP contribution in [0.15, 0.2) is 48.0 Å². The lowest BCUT2D eigenvalue weighted by molar-refractivity contribution is -0.137. The molecule has 158 valence electrons. The van der Waals surface area contributed by atoms with Crippen molar-refractivity contribution in [3.8, 4) is 17.6 Å². The molecule has 2 aromatic carbocycles. The van der Waals surface area contributed by atoms with E-state index in [2.05, 4.69) is 5.32 Å². The Labute approximate surface area is 172 Å². The van der Waals surface area contributed by atoms with E-state index in [0.717, 1.165) is 25.0 Å². The highest BCUT2D eigenvalue weighted by atomic mass is 19.4. The molecular weight excluding hydrogens is 397 g/mol. The van der Waals surface area contributed by atoms with Crippen molar-refractivity contribution in [3.05, 3.63) is 59.2 Å². The Kier molecular flexibility index (Phi) is 7.87. The fourth-order valence-electron chi connectivity index (χ4n) is 2.51. The zero-order valence-corrected chi connectivity index (χ0v) is 16.5. The molecule has 0 bridgehead atoms. The summed E-state index contributed by atoms with van der Waals surface area (Å²) < 4.78 is 49.4. The molecule has 2 aromatic rings. The first-order chi connectivity index (χ1) is 14.3. The highest BCUT2D eigenvalue weighted by molar-refractivity contribution is 6.09. The summed E-state index contributed by atoms with van der Waals surface area (Å²) in [5, 5.41) is 11.6. The van der Waals surface area contributed by atoms with Crippen LogP contribution in [-0.4, -0.2) is 19.6 Å². The van der Waals surface area contributed by atoms with Gasteiger partial charge in [-0.3, -0.25) is 4.79 Å². The minimum absolute atomic E-state index is 0.0618. The molecule has 30 heavy (non-hydrogen) atoms. The number of anilines is 1. The van der Waals surface area contributed by atoms with Gasteiger partial charge in [0, 0.05) is 5.69 Å². The highest BCUT2D eigenvalue weighted by Gasteiger charge is 2.30. The molecule has 2 rings (SSSR count). The van der Waals surface area contributed by atoms with Crippen molar-refractivity contribution in [1.82, 2.24) is 0 Å². The molecule has 0 heterocycles. The van der Waals surface area contributed by atoms with E-state index in [1.54, 1.807) is 24.3 Å². The number of methoxy groups -OCH3 is 1. The summed E-state index contributed by atoms with van der Waals surface area (Å²) in [5.74, 6) is 0.157. The van der Waals surface area contributed by atoms with E-state index >= 15 is 0 Å². The summed E-state index contributed by atoms with van der Waals surface area (Å²) in [7, 11) is 1.47. The molecule has 0 aliphatic rings. The number of benzene rings is 2. The second-order valence-corrected chi connectivity index (χ2v) is 6.31. The molecule has 0 saturated carbocycles. The number of rotatable bonds is 8. The van der Waals surface area contributed by atoms with Crippen molar-refractivity contribution >= 4 is 17.7 Å². The number of amides is 1. The van der Waals surface area contributed by atoms with Crippen molar-refractivity contribution in [2.24, 2.45) is 0 Å². The molecule has 0 unspecified atom stereocenters. The third-order valence-electron chi connectivity index (χ3n) is 4.07. The topological polar surface area (TPSA) is 71.3 Å². The maximum absolute atomic E-state index is 12.8. The van der Waals surface area contributed by atoms with Gasteiger partial charge in [-0.1, -0.05) is 25.5 Å². The van der Waals surface area contributed by atoms with Crippen LogP contribution < -0.4 is 14.8 Å². The molecule has 5 nitrogen and oxygen atoms in total. The number of hydrogen-bond acceptors (Lipinski definition) is 4. The number of nitrogens with one attached hydrogen (secondary N) is 1. The summed E-state index contributed by atoms with van der Waals surface area (Å²) in [5.41, 5.74) is -0.723. The van der Waals surface area contributed by atoms with Crippen LogP contribution in [0.3, 0.4) is 0 Å². The van der Waals surface area contributed by atoms with Crippen LogP contribution in [-0.2, 0) is 11.0 Å². The van der Waals surface area contributed by atoms with Crippen molar-refractivity contribution < 1.29 is 27.4 Å². The summed E-state index contributed by atoms with van der Waals surface area (Å²) in [6.07, 6.45) is -1.35. The minimum atomic E-state index is -4.54. The van der Waals surface area contributed by atoms with Gasteiger partial charge in [-0.25, -0.2) is 0 Å². The van der Waals surface area contributed by atoms with E-state index in [4.69, 9.17) is 9.47 Å². The van der Waals surface area contributed by atoms with Crippen molar-refractivity contribution in [1.29, 1.82) is 5.26 Å². The van der Waals surface area contributed by atoms with E-state index in [-0.39, 0.29) is 11.3 Å². The van der Waals surface area contributed by atoms with Crippen LogP contribution in [0.2, 0.25) is 0 Å². The SMILES string of the molecule is CCCCOc1ccc(/C=C(\C#N)C(=O)Nc2cccc(C(F)(F)F)c2)cc1OC. The Bertz CT molecular complexity index is 963. The molecule has 1 N–H and O–H groups in total. The molecule has 0 aliphatic carbocycles. The van der Waals surface area contributed by atoms with E-state index in [9.17, 15) is 23.2 Å². The lowest BCUT2D eigenvalue weighted by atomic mass is 10.1. The Morgan fingerprint density at radius 3 is 2.60 bits per heavy atom. The average molecular weight is 418 g/mol. The average Bonchev–Trinajstić information content (AvgIpc) is 2.72. The number of nitriles is 1. The Balaban J connectivity index is 2.20. The maximum atomic E-state index is 12.8. The zero-order chi connectivity index (χ0) is 22.1. The van der Waals surface area contributed by atoms with Crippen LogP contribution in [0.25, 0.3) is 6.08 Å². The van der Waals surface area contributed by atoms with Crippen LogP contribution in [0.4, 0.5) is 18.9 Å². The minimum Gasteiger partial charge on any atom is -0.493 e. The van der Waals surface area contributed by atoms with E-state index in [1.165, 1.54) is 25.3 Å². The Morgan fingerprint density at radius 2 is 1.97 bits per heavy atom. The highest BCUT2D eigenvalue weighted by Crippen LogP contribution is 2.31. The van der Waals surface area contributed by atoms with Gasteiger partial charge in [0.05, 0.1) is 19.3 Å². The molecule has 0 aliphatic heterocycles. The second kappa shape index (κ2) is 10.3. The van der Waals surface area contributed by atoms with Gasteiger partial charge in [0.1, 0.15) is 11.6 Å². The normalized spacial score (nSPS) is 11.5. The summed E-state index contributed by atoms with van der Waals surface area (Å²) >= 11 is 0. The monoisotopic (exact) mass is 418 g/mol. The predicted octanol–water partition coefficient (Wildman–Crippen LogP) is 5.44. The van der Waals surface area contributed by atoms with Gasteiger partial charge in [-0.2, -0.15) is 18.4 Å². The van der Waals surface area contributed by atoms with Crippen LogP contribution >= 0.6 is 0 Å². The van der Waals surface area contributed by atoms with Gasteiger partial charge in [-0.05, 0) is 48.4 Å². The molecule has 0 aromatic heterocycles. The number of carbonyl (C=O) groups is 1. The van der Waals surface area contributed by atoms with Crippen molar-refractivity contribution in [2.75, 3.05) is 19.0 Å². The zero-order valence-electron chi connectivity index (χ0n) is 16.5. The number of alkyl halides is 3. The van der Waals surface area contributed by atoms with E-state index in [1.807, 2.05) is 6.92 Å². The smallest absolute Gasteiger partial charge is 0.416 e. The van der Waals surface area contributed by atoms with Gasteiger partial charge in [-0.15, -0.1) is 0 Å². The largest absolute Gasteiger partial charge is 0.493 e. The first-order valence-electron chi connectivity index (χ1n) is 9.19. The van der Waals surface area contributed by atoms with Crippen LogP contribution in [0.5, 0.6) is 11.5 Å². The van der Waals surface area contributed by atoms with Gasteiger partial charge in [0.2, 0.25) is 0 Å². The van der Waals surface area contributed by atoms with Gasteiger partial charge < -0.3 is 14.8 Å². The van der Waals surface area contributed by atoms with Crippen molar-refractivity contribution in [2.45, 2.75) is 25.9 Å². The predicted molar refractivity (Wildman–Crippen MR) is 107 cm³/mol. The van der Waals surface area contributed by atoms with Gasteiger partial charge in [0.15, 0.2) is 11.5 Å². The van der Waals surface area contributed by atoms with Gasteiger partial charge in [0.25, 0.3) is 5.91 Å². The maximum Gasteiger partial charge on any atom is 0.416 e. The van der Waals surface area contributed by atoms with Crippen LogP contribution in [0.1, 0.15) is 30.9 Å². The molecular formula is C22H21F3N2O3. The summed E-state index contributed by atoms with van der Waals surface area (Å²) in [4.78, 5) is 12.4. The molecule has 0 atom stereocenters. The van der Waals surface area contributed by atoms with Gasteiger partial charge >= 0.3 is 6.18 Å². The fourth-order valence-corrected chi connectivity index (χ4v) is 2.51. The quantitative estimate of drug-likeness (QED) is 0.352. The molecule has 0 fully saturated rings. The van der Waals surface area contributed by atoms with Crippen molar-refractivity contribution in [3.63, 3.8) is 0 Å². The fraction of sp³-hybridized carbons (Fsp3) is 0.273. The third-order valence-corrected chi connectivity index (χ3v) is 4.07. The number of ether oxygens (including phenoxy) is 2. The first-order valence-corrected chi connectivity index (χ1v) is 9.19. The molecule has 1 amide bonds. The molecule has 0 radical (unpaired) electrons. The molecule has 8 heteroatoms. The standard InChI is InChI=1S/C22H21F3N2O3/c1-3-4-10-30-19-9-8-15(12-20(19)29-2)11-16(14-26)21(28)27-18-7-5-6-17(13-18)22(23,24)25/h5-9,11-13H,3-4,10H2,1-2H3,(H,27,28)/b16-11+. The van der Waals surface area contributed by atoms with Crippen LogP contribution in [0, 0.1) is 11.3 Å². The number of unbranched alkanes of at least 4 members (excludes halogenated alkanes) is 1. The number of halogens is 3. The lowest BCUT2D eigenvalue weighted by Gasteiger charge is -2.11. The summed E-state index contributed by atoms with van der Waals surface area (Å²) in [6.45, 7) is 2.58. The Hall–Kier alpha value is -3.47. The summed E-state index contributed by atoms with van der Waals surface area (Å²) in [6, 6.07) is 10.9. The molecule has 0 spiro atoms. The number of carbonyl (C=O) groups excluding carboxylic acids is 1. The lowest BCUT2D eigenvalue weighted by Crippen LogP contribution is -2.14. The second-order valence-electron chi connectivity index (χ2n) is 6.31. The number of nitrogens with zero attached hydrogens (tertiary/aromatic N) is 1.